The SMILES string of the molecule is C=Cc1cccc(CSC[C@H](NC(=O)[C@@H](NC(=O)[C@@H]2CCCN2C)C2CCCCC2)C(=O)N[C@@H](CCCNC(=N)N)C(=O)N[C@H](C(N)=O)C(C)(C)C)c1. The van der Waals surface area contributed by atoms with Crippen molar-refractivity contribution in [3.05, 3.63) is 42.0 Å². The largest absolute Gasteiger partial charge is 0.370 e. The number of likely N-dealkylation sites (N-methyl/N-ethyl adjacent to an activating group) is 1. The number of nitrogens with zero attached hydrogens (tertiary/aromatic N) is 1. The van der Waals surface area contributed by atoms with E-state index in [1.807, 2.05) is 36.2 Å². The van der Waals surface area contributed by atoms with Crippen LogP contribution in [-0.2, 0) is 29.7 Å². The summed E-state index contributed by atoms with van der Waals surface area (Å²) >= 11 is 1.45. The molecule has 0 bridgehead atoms. The van der Waals surface area contributed by atoms with Gasteiger partial charge in [0.2, 0.25) is 29.5 Å². The number of hydrogen-bond donors (Lipinski definition) is 8. The Morgan fingerprint density at radius 2 is 1.64 bits per heavy atom. The molecule has 0 aromatic heterocycles. The molecule has 1 saturated carbocycles. The monoisotopic (exact) mass is 755 g/mol. The molecule has 294 valence electrons. The standard InChI is InChI=1S/C38H61N9O5S/c1-6-24-13-10-14-25(21-24)22-53-23-28(44-36(52)30(26-15-8-7-9-16-26)45-35(51)29-18-12-20-47(29)5)34(50)43-27(17-11-19-42-37(40)41)33(49)46-31(32(39)48)38(2,3)4/h6,10,13-14,21,26-31H,1,7-9,11-12,15-20,22-23H2,2-5H3,(H2,39,48)(H,43,50)(H,44,52)(H,45,51)(H,46,49)(H4,40,41,42)/t27-,28-,29-,30-,31+/m0/s1. The van der Waals surface area contributed by atoms with E-state index in [4.69, 9.17) is 16.9 Å². The molecule has 1 aliphatic heterocycles. The Morgan fingerprint density at radius 1 is 0.962 bits per heavy atom. The van der Waals surface area contributed by atoms with Gasteiger partial charge in [-0.15, -0.1) is 0 Å². The van der Waals surface area contributed by atoms with Crippen LogP contribution in [0, 0.1) is 16.7 Å². The van der Waals surface area contributed by atoms with Gasteiger partial charge in [-0.25, -0.2) is 0 Å². The van der Waals surface area contributed by atoms with Crippen LogP contribution in [0.15, 0.2) is 30.8 Å². The van der Waals surface area contributed by atoms with E-state index in [0.29, 0.717) is 18.6 Å². The smallest absolute Gasteiger partial charge is 0.244 e. The third kappa shape index (κ3) is 14.0. The van der Waals surface area contributed by atoms with Gasteiger partial charge >= 0.3 is 0 Å². The van der Waals surface area contributed by atoms with Gasteiger partial charge in [0.15, 0.2) is 5.96 Å². The topological polar surface area (TPSA) is 225 Å². The highest BCUT2D eigenvalue weighted by atomic mass is 32.2. The van der Waals surface area contributed by atoms with Crippen LogP contribution in [0.5, 0.6) is 0 Å². The summed E-state index contributed by atoms with van der Waals surface area (Å²) in [7, 11) is 1.91. The Morgan fingerprint density at radius 3 is 2.25 bits per heavy atom. The second kappa shape index (κ2) is 21.0. The fraction of sp³-hybridized carbons (Fsp3) is 0.632. The third-order valence-electron chi connectivity index (χ3n) is 9.95. The predicted molar refractivity (Wildman–Crippen MR) is 210 cm³/mol. The van der Waals surface area contributed by atoms with E-state index in [-0.39, 0.29) is 42.5 Å². The Labute approximate surface area is 318 Å². The molecule has 0 radical (unpaired) electrons. The maximum atomic E-state index is 14.2. The highest BCUT2D eigenvalue weighted by molar-refractivity contribution is 7.98. The maximum Gasteiger partial charge on any atom is 0.244 e. The number of carbonyl (C=O) groups excluding carboxylic acids is 5. The van der Waals surface area contributed by atoms with Crippen molar-refractivity contribution in [3.8, 4) is 0 Å². The van der Waals surface area contributed by atoms with Crippen LogP contribution in [0.1, 0.15) is 89.7 Å². The lowest BCUT2D eigenvalue weighted by molar-refractivity contribution is -0.136. The van der Waals surface area contributed by atoms with Gasteiger partial charge in [0.1, 0.15) is 24.2 Å². The number of hydrogen-bond acceptors (Lipinski definition) is 8. The van der Waals surface area contributed by atoms with Crippen molar-refractivity contribution in [2.75, 3.05) is 25.9 Å². The highest BCUT2D eigenvalue weighted by Crippen LogP contribution is 2.28. The number of nitrogens with two attached hydrogens (primary N) is 2. The van der Waals surface area contributed by atoms with Crippen molar-refractivity contribution >= 4 is 53.3 Å². The molecule has 1 aromatic carbocycles. The fourth-order valence-corrected chi connectivity index (χ4v) is 7.94. The highest BCUT2D eigenvalue weighted by Gasteiger charge is 2.38. The van der Waals surface area contributed by atoms with Crippen molar-refractivity contribution in [1.29, 1.82) is 5.41 Å². The van der Waals surface area contributed by atoms with Crippen LogP contribution in [0.25, 0.3) is 6.08 Å². The van der Waals surface area contributed by atoms with Gasteiger partial charge in [0, 0.05) is 18.1 Å². The van der Waals surface area contributed by atoms with E-state index in [0.717, 1.165) is 56.2 Å². The first-order chi connectivity index (χ1) is 25.1. The van der Waals surface area contributed by atoms with Crippen molar-refractivity contribution < 1.29 is 24.0 Å². The molecule has 2 fully saturated rings. The van der Waals surface area contributed by atoms with Gasteiger partial charge in [0.05, 0.1) is 6.04 Å². The summed E-state index contributed by atoms with van der Waals surface area (Å²) in [5, 5.41) is 21.7. The van der Waals surface area contributed by atoms with Crippen LogP contribution in [-0.4, -0.2) is 96.5 Å². The summed E-state index contributed by atoms with van der Waals surface area (Å²) in [5.41, 5.74) is 12.4. The molecule has 5 amide bonds. The molecule has 10 N–H and O–H groups in total. The zero-order valence-electron chi connectivity index (χ0n) is 31.8. The van der Waals surface area contributed by atoms with Crippen LogP contribution in [0.4, 0.5) is 0 Å². The lowest BCUT2D eigenvalue weighted by atomic mass is 9.83. The number of carbonyl (C=O) groups is 5. The summed E-state index contributed by atoms with van der Waals surface area (Å²) in [6.07, 6.45) is 8.42. The van der Waals surface area contributed by atoms with Crippen molar-refractivity contribution in [1.82, 2.24) is 31.5 Å². The first-order valence-electron chi connectivity index (χ1n) is 18.7. The number of benzene rings is 1. The molecule has 5 atom stereocenters. The zero-order valence-corrected chi connectivity index (χ0v) is 32.6. The van der Waals surface area contributed by atoms with Gasteiger partial charge in [0.25, 0.3) is 0 Å². The molecule has 14 nitrogen and oxygen atoms in total. The molecule has 1 saturated heterocycles. The summed E-state index contributed by atoms with van der Waals surface area (Å²) < 4.78 is 0. The molecule has 0 spiro atoms. The Kier molecular flexibility index (Phi) is 17.1. The Balaban J connectivity index is 1.87. The first-order valence-corrected chi connectivity index (χ1v) is 19.8. The van der Waals surface area contributed by atoms with E-state index in [1.54, 1.807) is 26.8 Å². The molecule has 3 rings (SSSR count). The van der Waals surface area contributed by atoms with E-state index in [1.165, 1.54) is 11.8 Å². The minimum atomic E-state index is -1.10. The molecule has 2 aliphatic rings. The molecule has 1 aromatic rings. The maximum absolute atomic E-state index is 14.2. The fourth-order valence-electron chi connectivity index (χ4n) is 6.93. The molecular weight excluding hydrogens is 695 g/mol. The van der Waals surface area contributed by atoms with Gasteiger partial charge in [-0.05, 0) is 74.6 Å². The number of guanidine groups is 1. The quantitative estimate of drug-likeness (QED) is 0.0586. The predicted octanol–water partition coefficient (Wildman–Crippen LogP) is 1.97. The molecule has 1 aliphatic carbocycles. The summed E-state index contributed by atoms with van der Waals surface area (Å²) in [4.78, 5) is 69.9. The lowest BCUT2D eigenvalue weighted by Gasteiger charge is -2.33. The number of nitrogens with one attached hydrogen (secondary N) is 6. The minimum absolute atomic E-state index is 0.0761. The number of amides is 5. The van der Waals surface area contributed by atoms with Crippen molar-refractivity contribution in [2.45, 2.75) is 115 Å². The zero-order chi connectivity index (χ0) is 39.1. The first kappa shape index (κ1) is 43.3. The van der Waals surface area contributed by atoms with Crippen LogP contribution >= 0.6 is 11.8 Å². The minimum Gasteiger partial charge on any atom is -0.370 e. The molecule has 53 heavy (non-hydrogen) atoms. The van der Waals surface area contributed by atoms with E-state index in [2.05, 4.69) is 33.2 Å². The van der Waals surface area contributed by atoms with Crippen LogP contribution in [0.2, 0.25) is 0 Å². The van der Waals surface area contributed by atoms with Crippen molar-refractivity contribution in [2.24, 2.45) is 22.8 Å². The summed E-state index contributed by atoms with van der Waals surface area (Å²) in [5.74, 6) is -2.10. The summed E-state index contributed by atoms with van der Waals surface area (Å²) in [6.45, 7) is 10.2. The lowest BCUT2D eigenvalue weighted by Crippen LogP contribution is -2.61. The van der Waals surface area contributed by atoms with Crippen LogP contribution in [0.3, 0.4) is 0 Å². The van der Waals surface area contributed by atoms with Gasteiger partial charge in [-0.3, -0.25) is 34.3 Å². The number of primary amides is 1. The van der Waals surface area contributed by atoms with Crippen molar-refractivity contribution in [3.63, 3.8) is 0 Å². The van der Waals surface area contributed by atoms with E-state index < -0.39 is 53.2 Å². The second-order valence-electron chi connectivity index (χ2n) is 15.3. The van der Waals surface area contributed by atoms with Crippen LogP contribution < -0.4 is 38.1 Å². The Hall–Kier alpha value is -4.11. The van der Waals surface area contributed by atoms with E-state index >= 15 is 0 Å². The molecule has 15 heteroatoms. The van der Waals surface area contributed by atoms with Gasteiger partial charge in [-0.1, -0.05) is 77.0 Å². The number of rotatable bonds is 19. The van der Waals surface area contributed by atoms with E-state index in [9.17, 15) is 24.0 Å². The second-order valence-corrected chi connectivity index (χ2v) is 16.3. The number of thioether (sulfide) groups is 1. The average Bonchev–Trinajstić information content (AvgIpc) is 3.55. The normalized spacial score (nSPS) is 18.8. The third-order valence-corrected chi connectivity index (χ3v) is 11.1. The molecule has 0 unspecified atom stereocenters. The molecule has 1 heterocycles. The molecular formula is C38H61N9O5S. The summed E-state index contributed by atoms with van der Waals surface area (Å²) in [6, 6.07) is 3.54. The van der Waals surface area contributed by atoms with Gasteiger partial charge < -0.3 is 38.1 Å². The average molecular weight is 756 g/mol. The number of likely N-dealkylation sites (tertiary alicyclic amines) is 1. The Bertz CT molecular complexity index is 1440. The van der Waals surface area contributed by atoms with Gasteiger partial charge in [-0.2, -0.15) is 11.8 Å².